The van der Waals surface area contributed by atoms with Gasteiger partial charge in [-0.2, -0.15) is 0 Å². The summed E-state index contributed by atoms with van der Waals surface area (Å²) >= 11 is 0. The van der Waals surface area contributed by atoms with Gasteiger partial charge in [-0.05, 0) is 13.3 Å². The van der Waals surface area contributed by atoms with Gasteiger partial charge in [0.25, 0.3) is 0 Å². The number of aliphatic carboxylic acids is 1. The van der Waals surface area contributed by atoms with Gasteiger partial charge in [-0.1, -0.05) is 19.8 Å². The summed E-state index contributed by atoms with van der Waals surface area (Å²) in [6.07, 6.45) is 3.09. The molecule has 1 amide bonds. The molecule has 0 aromatic heterocycles. The number of likely N-dealkylation sites (N-methyl/N-ethyl adjacent to an activating group) is 1. The molecular formula is C11H21NO4. The van der Waals surface area contributed by atoms with E-state index in [1.807, 2.05) is 6.92 Å². The average molecular weight is 231 g/mol. The van der Waals surface area contributed by atoms with Crippen LogP contribution in [0, 0.1) is 0 Å². The minimum absolute atomic E-state index is 0.197. The summed E-state index contributed by atoms with van der Waals surface area (Å²) in [6, 6.07) is -1.11. The Bertz CT molecular complexity index is 230. The van der Waals surface area contributed by atoms with E-state index >= 15 is 0 Å². The van der Waals surface area contributed by atoms with E-state index in [0.717, 1.165) is 19.3 Å². The quantitative estimate of drug-likeness (QED) is 0.607. The highest BCUT2D eigenvalue weighted by atomic mass is 16.4. The van der Waals surface area contributed by atoms with E-state index in [2.05, 4.69) is 0 Å². The van der Waals surface area contributed by atoms with Crippen LogP contribution >= 0.6 is 0 Å². The van der Waals surface area contributed by atoms with Crippen molar-refractivity contribution in [1.82, 2.24) is 4.90 Å². The van der Waals surface area contributed by atoms with Gasteiger partial charge in [0.05, 0.1) is 6.61 Å². The summed E-state index contributed by atoms with van der Waals surface area (Å²) in [5.41, 5.74) is 0. The number of carbonyl (C=O) groups excluding carboxylic acids is 1. The van der Waals surface area contributed by atoms with Crippen molar-refractivity contribution in [3.63, 3.8) is 0 Å². The second kappa shape index (κ2) is 8.10. The predicted molar refractivity (Wildman–Crippen MR) is 60.0 cm³/mol. The fourth-order valence-corrected chi connectivity index (χ4v) is 1.55. The van der Waals surface area contributed by atoms with Crippen molar-refractivity contribution in [1.29, 1.82) is 0 Å². The number of rotatable bonds is 8. The van der Waals surface area contributed by atoms with E-state index < -0.39 is 18.6 Å². The number of amides is 1. The van der Waals surface area contributed by atoms with Gasteiger partial charge in [-0.3, -0.25) is 4.79 Å². The Labute approximate surface area is 96.1 Å². The Morgan fingerprint density at radius 1 is 1.25 bits per heavy atom. The third-order valence-electron chi connectivity index (χ3n) is 2.49. The van der Waals surface area contributed by atoms with Crippen molar-refractivity contribution >= 4 is 11.9 Å². The van der Waals surface area contributed by atoms with Crippen LogP contribution < -0.4 is 0 Å². The summed E-state index contributed by atoms with van der Waals surface area (Å²) in [4.78, 5) is 23.7. The van der Waals surface area contributed by atoms with Gasteiger partial charge in [0.2, 0.25) is 5.91 Å². The van der Waals surface area contributed by atoms with E-state index in [9.17, 15) is 9.59 Å². The van der Waals surface area contributed by atoms with E-state index in [4.69, 9.17) is 10.2 Å². The minimum Gasteiger partial charge on any atom is -0.480 e. The van der Waals surface area contributed by atoms with E-state index in [0.29, 0.717) is 13.0 Å². The first-order valence-corrected chi connectivity index (χ1v) is 5.71. The Kier molecular flexibility index (Phi) is 7.54. The molecule has 5 heteroatoms. The maximum absolute atomic E-state index is 11.7. The fourth-order valence-electron chi connectivity index (χ4n) is 1.55. The summed E-state index contributed by atoms with van der Waals surface area (Å²) in [7, 11) is 0. The maximum Gasteiger partial charge on any atom is 0.328 e. The Hall–Kier alpha value is -1.10. The molecule has 0 bridgehead atoms. The molecule has 0 saturated heterocycles. The van der Waals surface area contributed by atoms with Gasteiger partial charge in [0.15, 0.2) is 6.04 Å². The number of aliphatic hydroxyl groups excluding tert-OH is 1. The topological polar surface area (TPSA) is 77.8 Å². The third-order valence-corrected chi connectivity index (χ3v) is 2.49. The van der Waals surface area contributed by atoms with Crippen molar-refractivity contribution in [3.8, 4) is 0 Å². The van der Waals surface area contributed by atoms with Crippen molar-refractivity contribution < 1.29 is 19.8 Å². The molecule has 0 aromatic carbocycles. The second-order valence-electron chi connectivity index (χ2n) is 3.67. The standard InChI is InChI=1S/C11H21NO4/c1-3-5-6-7-10(14)12(4-2)9(8-13)11(15)16/h9,13H,3-8H2,1-2H3,(H,15,16)/t9-/m1/s1. The Morgan fingerprint density at radius 3 is 2.25 bits per heavy atom. The number of carboxylic acids is 1. The van der Waals surface area contributed by atoms with Crippen molar-refractivity contribution in [2.45, 2.75) is 45.6 Å². The van der Waals surface area contributed by atoms with Crippen LogP contribution in [-0.4, -0.2) is 46.2 Å². The number of hydrogen-bond donors (Lipinski definition) is 2. The average Bonchev–Trinajstić information content (AvgIpc) is 2.25. The Balaban J connectivity index is 4.34. The number of unbranched alkanes of at least 4 members (excludes halogenated alkanes) is 2. The summed E-state index contributed by atoms with van der Waals surface area (Å²) in [5, 5.41) is 17.8. The molecule has 16 heavy (non-hydrogen) atoms. The van der Waals surface area contributed by atoms with Crippen molar-refractivity contribution in [2.75, 3.05) is 13.2 Å². The molecular weight excluding hydrogens is 210 g/mol. The predicted octanol–water partition coefficient (Wildman–Crippen LogP) is 0.861. The van der Waals surface area contributed by atoms with Gasteiger partial charge in [-0.15, -0.1) is 0 Å². The molecule has 0 heterocycles. The molecule has 0 aromatic rings. The molecule has 0 radical (unpaired) electrons. The van der Waals surface area contributed by atoms with Crippen LogP contribution in [0.5, 0.6) is 0 Å². The molecule has 0 aliphatic rings. The molecule has 0 spiro atoms. The van der Waals surface area contributed by atoms with Gasteiger partial charge in [0, 0.05) is 13.0 Å². The lowest BCUT2D eigenvalue weighted by Gasteiger charge is -2.26. The number of hydrogen-bond acceptors (Lipinski definition) is 3. The maximum atomic E-state index is 11.7. The van der Waals surface area contributed by atoms with Gasteiger partial charge >= 0.3 is 5.97 Å². The molecule has 0 saturated carbocycles. The molecule has 0 unspecified atom stereocenters. The highest BCUT2D eigenvalue weighted by Crippen LogP contribution is 2.07. The number of nitrogens with zero attached hydrogens (tertiary/aromatic N) is 1. The molecule has 0 rings (SSSR count). The van der Waals surface area contributed by atoms with E-state index in [1.54, 1.807) is 6.92 Å². The molecule has 0 fully saturated rings. The zero-order valence-corrected chi connectivity index (χ0v) is 9.98. The summed E-state index contributed by atoms with van der Waals surface area (Å²) in [6.45, 7) is 3.52. The lowest BCUT2D eigenvalue weighted by molar-refractivity contribution is -0.151. The molecule has 1 atom stereocenters. The largest absolute Gasteiger partial charge is 0.480 e. The van der Waals surface area contributed by atoms with Crippen LogP contribution in [0.1, 0.15) is 39.5 Å². The Morgan fingerprint density at radius 2 is 1.88 bits per heavy atom. The van der Waals surface area contributed by atoms with Crippen LogP contribution in [0.25, 0.3) is 0 Å². The first-order valence-electron chi connectivity index (χ1n) is 5.71. The number of carbonyl (C=O) groups is 2. The molecule has 94 valence electrons. The van der Waals surface area contributed by atoms with Crippen LogP contribution in [0.2, 0.25) is 0 Å². The van der Waals surface area contributed by atoms with Crippen LogP contribution in [-0.2, 0) is 9.59 Å². The third kappa shape index (κ3) is 4.61. The highest BCUT2D eigenvalue weighted by molar-refractivity contribution is 5.83. The lowest BCUT2D eigenvalue weighted by atomic mass is 10.1. The monoisotopic (exact) mass is 231 g/mol. The van der Waals surface area contributed by atoms with E-state index in [-0.39, 0.29) is 5.91 Å². The molecule has 0 aliphatic carbocycles. The van der Waals surface area contributed by atoms with Gasteiger partial charge < -0.3 is 15.1 Å². The first-order chi connectivity index (χ1) is 7.58. The number of carboxylic acid groups (broad SMARTS) is 1. The number of aliphatic hydroxyl groups is 1. The summed E-state index contributed by atoms with van der Waals surface area (Å²) < 4.78 is 0. The SMILES string of the molecule is CCCCCC(=O)N(CC)[C@H](CO)C(=O)O. The van der Waals surface area contributed by atoms with Crippen LogP contribution in [0.3, 0.4) is 0 Å². The molecule has 2 N–H and O–H groups in total. The van der Waals surface area contributed by atoms with Gasteiger partial charge in [0.1, 0.15) is 0 Å². The zero-order chi connectivity index (χ0) is 12.6. The normalized spacial score (nSPS) is 12.2. The van der Waals surface area contributed by atoms with Crippen molar-refractivity contribution in [2.24, 2.45) is 0 Å². The first kappa shape index (κ1) is 14.9. The van der Waals surface area contributed by atoms with Crippen LogP contribution in [0.15, 0.2) is 0 Å². The molecule has 5 nitrogen and oxygen atoms in total. The molecule has 0 aliphatic heterocycles. The minimum atomic E-state index is -1.16. The zero-order valence-electron chi connectivity index (χ0n) is 9.98. The summed E-state index contributed by atoms with van der Waals surface area (Å²) in [5.74, 6) is -1.36. The highest BCUT2D eigenvalue weighted by Gasteiger charge is 2.27. The lowest BCUT2D eigenvalue weighted by Crippen LogP contribution is -2.47. The van der Waals surface area contributed by atoms with Crippen LogP contribution in [0.4, 0.5) is 0 Å². The fraction of sp³-hybridized carbons (Fsp3) is 0.818. The van der Waals surface area contributed by atoms with Gasteiger partial charge in [-0.25, -0.2) is 4.79 Å². The smallest absolute Gasteiger partial charge is 0.328 e. The second-order valence-corrected chi connectivity index (χ2v) is 3.67. The van der Waals surface area contributed by atoms with E-state index in [1.165, 1.54) is 4.90 Å². The van der Waals surface area contributed by atoms with Crippen molar-refractivity contribution in [3.05, 3.63) is 0 Å².